The molecule has 14 heavy (non-hydrogen) atoms. The Morgan fingerprint density at radius 2 is 2.07 bits per heavy atom. The Morgan fingerprint density at radius 3 is 2.71 bits per heavy atom. The molecule has 5 nitrogen and oxygen atoms in total. The molecular weight excluding hydrogens is 204 g/mol. The molecule has 0 saturated heterocycles. The summed E-state index contributed by atoms with van der Waals surface area (Å²) < 4.78 is 22.0. The van der Waals surface area contributed by atoms with Crippen LogP contribution in [0.25, 0.3) is 0 Å². The minimum atomic E-state index is -3.69. The number of hydrogen-bond acceptors (Lipinski definition) is 3. The molecule has 0 atom stereocenters. The first-order chi connectivity index (χ1) is 6.47. The highest BCUT2D eigenvalue weighted by Gasteiger charge is 2.19. The highest BCUT2D eigenvalue weighted by molar-refractivity contribution is 7.89. The van der Waals surface area contributed by atoms with E-state index in [1.807, 2.05) is 0 Å². The van der Waals surface area contributed by atoms with E-state index in [-0.39, 0.29) is 10.8 Å². The lowest BCUT2D eigenvalue weighted by Crippen LogP contribution is -2.12. The molecule has 1 heterocycles. The highest BCUT2D eigenvalue weighted by Crippen LogP contribution is 2.25. The minimum Gasteiger partial charge on any atom is -0.325 e. The van der Waals surface area contributed by atoms with Gasteiger partial charge in [-0.15, -0.1) is 0 Å². The first kappa shape index (κ1) is 9.17. The van der Waals surface area contributed by atoms with Gasteiger partial charge in [0.1, 0.15) is 0 Å². The van der Waals surface area contributed by atoms with Gasteiger partial charge in [0, 0.05) is 5.69 Å². The minimum absolute atomic E-state index is 0.0125. The van der Waals surface area contributed by atoms with Gasteiger partial charge in [0.25, 0.3) is 0 Å². The standard InChI is InChI=1S/C8H8N2O3S/c9-14(12,13)6-2-1-5-3-8(11)10-7(5)4-6/h1-2,4H,3H2,(H,10,11)(H2,9,12,13). The maximum Gasteiger partial charge on any atom is 0.238 e. The molecule has 3 N–H and O–H groups in total. The van der Waals surface area contributed by atoms with Gasteiger partial charge in [0.05, 0.1) is 11.3 Å². The molecule has 0 spiro atoms. The van der Waals surface area contributed by atoms with E-state index in [0.29, 0.717) is 12.1 Å². The van der Waals surface area contributed by atoms with Crippen molar-refractivity contribution in [2.75, 3.05) is 5.32 Å². The molecule has 6 heteroatoms. The maximum atomic E-state index is 11.0. The Morgan fingerprint density at radius 1 is 1.36 bits per heavy atom. The van der Waals surface area contributed by atoms with Gasteiger partial charge in [-0.05, 0) is 17.7 Å². The molecule has 0 fully saturated rings. The lowest BCUT2D eigenvalue weighted by atomic mass is 10.2. The van der Waals surface area contributed by atoms with Gasteiger partial charge in [-0.1, -0.05) is 6.07 Å². The molecule has 2 rings (SSSR count). The second-order valence-corrected chi connectivity index (χ2v) is 4.65. The van der Waals surface area contributed by atoms with Gasteiger partial charge in [-0.2, -0.15) is 0 Å². The first-order valence-electron chi connectivity index (χ1n) is 3.92. The van der Waals surface area contributed by atoms with E-state index in [0.717, 1.165) is 5.56 Å². The number of nitrogens with two attached hydrogens (primary N) is 1. The number of rotatable bonds is 1. The quantitative estimate of drug-likeness (QED) is 0.677. The van der Waals surface area contributed by atoms with Crippen LogP contribution in [0.2, 0.25) is 0 Å². The predicted molar refractivity (Wildman–Crippen MR) is 50.1 cm³/mol. The number of fused-ring (bicyclic) bond motifs is 1. The summed E-state index contributed by atoms with van der Waals surface area (Å²) >= 11 is 0. The molecule has 1 aromatic carbocycles. The van der Waals surface area contributed by atoms with E-state index in [4.69, 9.17) is 5.14 Å². The van der Waals surface area contributed by atoms with E-state index in [2.05, 4.69) is 5.32 Å². The zero-order valence-electron chi connectivity index (χ0n) is 7.15. The van der Waals surface area contributed by atoms with Gasteiger partial charge in [-0.25, -0.2) is 13.6 Å². The highest BCUT2D eigenvalue weighted by atomic mass is 32.2. The molecule has 0 radical (unpaired) electrons. The lowest BCUT2D eigenvalue weighted by Gasteiger charge is -2.01. The first-order valence-corrected chi connectivity index (χ1v) is 5.47. The summed E-state index contributed by atoms with van der Waals surface area (Å²) in [6.07, 6.45) is 0.292. The average Bonchev–Trinajstić information content (AvgIpc) is 2.41. The summed E-state index contributed by atoms with van der Waals surface area (Å²) in [5.41, 5.74) is 1.32. The second kappa shape index (κ2) is 2.79. The maximum absolute atomic E-state index is 11.0. The van der Waals surface area contributed by atoms with E-state index >= 15 is 0 Å². The number of carbonyl (C=O) groups excluding carboxylic acids is 1. The SMILES string of the molecule is NS(=O)(=O)c1ccc2c(c1)NC(=O)C2. The van der Waals surface area contributed by atoms with Crippen LogP contribution in [-0.2, 0) is 21.2 Å². The Hall–Kier alpha value is -1.40. The number of amides is 1. The molecule has 0 aliphatic carbocycles. The van der Waals surface area contributed by atoms with Gasteiger partial charge in [0.15, 0.2) is 0 Å². The summed E-state index contributed by atoms with van der Waals surface area (Å²) in [7, 11) is -3.69. The number of sulfonamides is 1. The Kier molecular flexibility index (Phi) is 1.83. The van der Waals surface area contributed by atoms with Gasteiger partial charge < -0.3 is 5.32 Å². The number of carbonyl (C=O) groups is 1. The summed E-state index contributed by atoms with van der Waals surface area (Å²) in [6, 6.07) is 4.36. The van der Waals surface area contributed by atoms with Crippen LogP contribution >= 0.6 is 0 Å². The molecule has 0 saturated carbocycles. The van der Waals surface area contributed by atoms with Crippen molar-refractivity contribution in [1.82, 2.24) is 0 Å². The third-order valence-electron chi connectivity index (χ3n) is 2.03. The van der Waals surface area contributed by atoms with Crippen LogP contribution in [0.15, 0.2) is 23.1 Å². The largest absolute Gasteiger partial charge is 0.325 e. The fraction of sp³-hybridized carbons (Fsp3) is 0.125. The van der Waals surface area contributed by atoms with E-state index < -0.39 is 10.0 Å². The predicted octanol–water partition coefficient (Wildman–Crippen LogP) is -0.171. The number of benzene rings is 1. The topological polar surface area (TPSA) is 89.3 Å². The van der Waals surface area contributed by atoms with Crippen molar-refractivity contribution in [3.05, 3.63) is 23.8 Å². The van der Waals surface area contributed by atoms with Crippen molar-refractivity contribution in [2.45, 2.75) is 11.3 Å². The van der Waals surface area contributed by atoms with Crippen molar-refractivity contribution in [2.24, 2.45) is 5.14 Å². The zero-order chi connectivity index (χ0) is 10.3. The third kappa shape index (κ3) is 1.49. The van der Waals surface area contributed by atoms with Gasteiger partial charge in [-0.3, -0.25) is 4.79 Å². The van der Waals surface area contributed by atoms with Crippen LogP contribution in [0.3, 0.4) is 0 Å². The number of hydrogen-bond donors (Lipinski definition) is 2. The van der Waals surface area contributed by atoms with Crippen LogP contribution in [0.4, 0.5) is 5.69 Å². The number of anilines is 1. The van der Waals surface area contributed by atoms with E-state index in [1.54, 1.807) is 6.07 Å². The molecule has 0 unspecified atom stereocenters. The fourth-order valence-electron chi connectivity index (χ4n) is 1.37. The molecule has 1 aromatic rings. The average molecular weight is 212 g/mol. The number of nitrogens with one attached hydrogen (secondary N) is 1. The molecular formula is C8H8N2O3S. The molecule has 1 amide bonds. The lowest BCUT2D eigenvalue weighted by molar-refractivity contribution is -0.115. The van der Waals surface area contributed by atoms with E-state index in [1.165, 1.54) is 12.1 Å². The van der Waals surface area contributed by atoms with Crippen LogP contribution in [0, 0.1) is 0 Å². The molecule has 0 aromatic heterocycles. The third-order valence-corrected chi connectivity index (χ3v) is 2.95. The van der Waals surface area contributed by atoms with Crippen molar-refractivity contribution < 1.29 is 13.2 Å². The molecule has 74 valence electrons. The van der Waals surface area contributed by atoms with Gasteiger partial charge in [0.2, 0.25) is 15.9 Å². The van der Waals surface area contributed by atoms with Crippen LogP contribution in [-0.4, -0.2) is 14.3 Å². The Balaban J connectivity index is 2.53. The van der Waals surface area contributed by atoms with Crippen molar-refractivity contribution in [1.29, 1.82) is 0 Å². The molecule has 0 bridgehead atoms. The van der Waals surface area contributed by atoms with E-state index in [9.17, 15) is 13.2 Å². The van der Waals surface area contributed by atoms with Crippen molar-refractivity contribution in [3.63, 3.8) is 0 Å². The monoisotopic (exact) mass is 212 g/mol. The zero-order valence-corrected chi connectivity index (χ0v) is 7.97. The van der Waals surface area contributed by atoms with Crippen molar-refractivity contribution >= 4 is 21.6 Å². The summed E-state index contributed by atoms with van der Waals surface area (Å²) in [6.45, 7) is 0. The second-order valence-electron chi connectivity index (χ2n) is 3.09. The van der Waals surface area contributed by atoms with Gasteiger partial charge >= 0.3 is 0 Å². The number of primary sulfonamides is 1. The summed E-state index contributed by atoms with van der Waals surface area (Å²) in [5.74, 6) is -0.133. The smallest absolute Gasteiger partial charge is 0.238 e. The normalized spacial score (nSPS) is 15.1. The Labute approximate surface area is 81.0 Å². The molecule has 1 aliphatic heterocycles. The fourth-order valence-corrected chi connectivity index (χ4v) is 1.91. The van der Waals surface area contributed by atoms with Crippen molar-refractivity contribution in [3.8, 4) is 0 Å². The van der Waals surface area contributed by atoms with Crippen LogP contribution in [0.5, 0.6) is 0 Å². The summed E-state index contributed by atoms with van der Waals surface area (Å²) in [5, 5.41) is 7.50. The Bertz CT molecular complexity index is 507. The van der Waals surface area contributed by atoms with Crippen LogP contribution in [0.1, 0.15) is 5.56 Å². The molecule has 1 aliphatic rings. The van der Waals surface area contributed by atoms with Crippen LogP contribution < -0.4 is 10.5 Å². The summed E-state index contributed by atoms with van der Waals surface area (Å²) in [4.78, 5) is 11.0.